The van der Waals surface area contributed by atoms with E-state index in [1.54, 1.807) is 7.11 Å². The number of nitrogens with zero attached hydrogens (tertiary/aromatic N) is 1. The van der Waals surface area contributed by atoms with E-state index in [2.05, 4.69) is 26.0 Å². The van der Waals surface area contributed by atoms with Crippen LogP contribution in [0.5, 0.6) is 0 Å². The van der Waals surface area contributed by atoms with Gasteiger partial charge in [-0.25, -0.2) is 0 Å². The lowest BCUT2D eigenvalue weighted by Crippen LogP contribution is -2.45. The molecule has 1 heterocycles. The second-order valence-corrected chi connectivity index (χ2v) is 6.23. The van der Waals surface area contributed by atoms with E-state index in [4.69, 9.17) is 10.5 Å². The molecule has 2 atom stereocenters. The number of nitrogens with two attached hydrogens (primary N) is 1. The minimum atomic E-state index is -0.565. The number of halogens is 1. The monoisotopic (exact) mass is 312 g/mol. The molecule has 1 aromatic rings. The van der Waals surface area contributed by atoms with Crippen molar-refractivity contribution in [3.8, 4) is 0 Å². The summed E-state index contributed by atoms with van der Waals surface area (Å²) < 4.78 is 4.98. The second kappa shape index (κ2) is 7.25. The standard InChI is InChI=1S/C16H24N2O2.ClH/c1-16(2)11-18(15(19)14(17)10-20-3)9-13(16)12-7-5-4-6-8-12;/h4-8,13-14H,9-11,17H2,1-3H3;1H. The van der Waals surface area contributed by atoms with Crippen LogP contribution in [0.3, 0.4) is 0 Å². The first kappa shape index (κ1) is 18.0. The number of benzene rings is 1. The van der Waals surface area contributed by atoms with Gasteiger partial charge in [-0.05, 0) is 11.0 Å². The molecule has 1 aliphatic heterocycles. The van der Waals surface area contributed by atoms with Gasteiger partial charge in [-0.15, -0.1) is 12.4 Å². The van der Waals surface area contributed by atoms with Crippen LogP contribution >= 0.6 is 12.4 Å². The van der Waals surface area contributed by atoms with Crippen LogP contribution < -0.4 is 5.73 Å². The van der Waals surface area contributed by atoms with Crippen LogP contribution in [0.1, 0.15) is 25.3 Å². The second-order valence-electron chi connectivity index (χ2n) is 6.23. The fourth-order valence-corrected chi connectivity index (χ4v) is 3.03. The maximum Gasteiger partial charge on any atom is 0.241 e. The van der Waals surface area contributed by atoms with Gasteiger partial charge in [0, 0.05) is 26.1 Å². The third kappa shape index (κ3) is 3.96. The number of hydrogen-bond donors (Lipinski definition) is 1. The van der Waals surface area contributed by atoms with E-state index in [0.29, 0.717) is 5.92 Å². The summed E-state index contributed by atoms with van der Waals surface area (Å²) in [6.45, 7) is 6.15. The minimum Gasteiger partial charge on any atom is -0.383 e. The minimum absolute atomic E-state index is 0. The third-order valence-corrected chi connectivity index (χ3v) is 4.12. The van der Waals surface area contributed by atoms with E-state index in [0.717, 1.165) is 13.1 Å². The van der Waals surface area contributed by atoms with Gasteiger partial charge in [0.2, 0.25) is 5.91 Å². The van der Waals surface area contributed by atoms with Gasteiger partial charge in [0.1, 0.15) is 6.04 Å². The van der Waals surface area contributed by atoms with Gasteiger partial charge in [0.15, 0.2) is 0 Å². The molecule has 0 radical (unpaired) electrons. The van der Waals surface area contributed by atoms with E-state index < -0.39 is 6.04 Å². The topological polar surface area (TPSA) is 55.6 Å². The predicted molar refractivity (Wildman–Crippen MR) is 86.6 cm³/mol. The summed E-state index contributed by atoms with van der Waals surface area (Å²) in [6, 6.07) is 9.82. The first-order valence-corrected chi connectivity index (χ1v) is 7.04. The van der Waals surface area contributed by atoms with Crippen LogP contribution in [-0.2, 0) is 9.53 Å². The van der Waals surface area contributed by atoms with Crippen LogP contribution in [0.4, 0.5) is 0 Å². The molecular formula is C16H25ClN2O2. The molecule has 5 heteroatoms. The van der Waals surface area contributed by atoms with Crippen molar-refractivity contribution < 1.29 is 9.53 Å². The highest BCUT2D eigenvalue weighted by atomic mass is 35.5. The Bertz CT molecular complexity index is 465. The molecule has 1 amide bonds. The van der Waals surface area contributed by atoms with Gasteiger partial charge >= 0.3 is 0 Å². The summed E-state index contributed by atoms with van der Waals surface area (Å²) >= 11 is 0. The SMILES string of the molecule is COCC(N)C(=O)N1CC(c2ccccc2)C(C)(C)C1.Cl. The van der Waals surface area contributed by atoms with Crippen LogP contribution in [0, 0.1) is 5.41 Å². The number of carbonyl (C=O) groups excluding carboxylic acids is 1. The molecule has 1 aromatic carbocycles. The van der Waals surface area contributed by atoms with E-state index in [1.807, 2.05) is 23.1 Å². The smallest absolute Gasteiger partial charge is 0.241 e. The maximum absolute atomic E-state index is 12.3. The van der Waals surface area contributed by atoms with Gasteiger partial charge in [0.25, 0.3) is 0 Å². The van der Waals surface area contributed by atoms with Gasteiger partial charge in [-0.2, -0.15) is 0 Å². The Morgan fingerprint density at radius 1 is 1.43 bits per heavy atom. The molecule has 2 unspecified atom stereocenters. The Labute approximate surface area is 133 Å². The van der Waals surface area contributed by atoms with E-state index >= 15 is 0 Å². The number of methoxy groups -OCH3 is 1. The molecule has 1 saturated heterocycles. The van der Waals surface area contributed by atoms with Crippen molar-refractivity contribution in [2.45, 2.75) is 25.8 Å². The molecule has 21 heavy (non-hydrogen) atoms. The average molecular weight is 313 g/mol. The Morgan fingerprint density at radius 3 is 2.62 bits per heavy atom. The Balaban J connectivity index is 0.00000220. The summed E-state index contributed by atoms with van der Waals surface area (Å²) in [5.74, 6) is 0.334. The largest absolute Gasteiger partial charge is 0.383 e. The summed E-state index contributed by atoms with van der Waals surface area (Å²) in [6.07, 6.45) is 0. The van der Waals surface area contributed by atoms with Gasteiger partial charge in [-0.1, -0.05) is 44.2 Å². The Hall–Kier alpha value is -1.10. The summed E-state index contributed by atoms with van der Waals surface area (Å²) in [7, 11) is 1.56. The van der Waals surface area contributed by atoms with Crippen LogP contribution in [0.15, 0.2) is 30.3 Å². The lowest BCUT2D eigenvalue weighted by Gasteiger charge is -2.25. The highest BCUT2D eigenvalue weighted by molar-refractivity contribution is 5.85. The maximum atomic E-state index is 12.3. The predicted octanol–water partition coefficient (Wildman–Crippen LogP) is 2.03. The molecule has 0 bridgehead atoms. The molecule has 0 spiro atoms. The van der Waals surface area contributed by atoms with Gasteiger partial charge in [-0.3, -0.25) is 4.79 Å². The molecular weight excluding hydrogens is 288 g/mol. The lowest BCUT2D eigenvalue weighted by atomic mass is 9.78. The van der Waals surface area contributed by atoms with Crippen LogP contribution in [0.25, 0.3) is 0 Å². The molecule has 118 valence electrons. The molecule has 1 fully saturated rings. The van der Waals surface area contributed by atoms with Crippen molar-refractivity contribution in [2.24, 2.45) is 11.1 Å². The van der Waals surface area contributed by atoms with Gasteiger partial charge in [0.05, 0.1) is 6.61 Å². The number of rotatable bonds is 4. The zero-order valence-electron chi connectivity index (χ0n) is 12.9. The molecule has 4 nitrogen and oxygen atoms in total. The normalized spacial score (nSPS) is 21.7. The van der Waals surface area contributed by atoms with Crippen molar-refractivity contribution >= 4 is 18.3 Å². The quantitative estimate of drug-likeness (QED) is 0.925. The number of amides is 1. The average Bonchev–Trinajstić information content (AvgIpc) is 2.75. The molecule has 2 rings (SSSR count). The summed E-state index contributed by atoms with van der Waals surface area (Å²) in [4.78, 5) is 14.2. The third-order valence-electron chi connectivity index (χ3n) is 4.12. The van der Waals surface area contributed by atoms with Crippen molar-refractivity contribution in [3.63, 3.8) is 0 Å². The highest BCUT2D eigenvalue weighted by Gasteiger charge is 2.42. The van der Waals surface area contributed by atoms with Crippen LogP contribution in [0.2, 0.25) is 0 Å². The Kier molecular flexibility index (Phi) is 6.20. The fraction of sp³-hybridized carbons (Fsp3) is 0.562. The summed E-state index contributed by atoms with van der Waals surface area (Å²) in [5.41, 5.74) is 7.21. The first-order chi connectivity index (χ1) is 9.45. The molecule has 0 aliphatic carbocycles. The van der Waals surface area contributed by atoms with E-state index in [9.17, 15) is 4.79 Å². The number of carbonyl (C=O) groups is 1. The number of hydrogen-bond acceptors (Lipinski definition) is 3. The van der Waals surface area contributed by atoms with Crippen LogP contribution in [-0.4, -0.2) is 43.7 Å². The molecule has 1 aliphatic rings. The zero-order chi connectivity index (χ0) is 14.8. The van der Waals surface area contributed by atoms with Crippen molar-refractivity contribution in [2.75, 3.05) is 26.8 Å². The lowest BCUT2D eigenvalue weighted by molar-refractivity contribution is -0.133. The first-order valence-electron chi connectivity index (χ1n) is 7.04. The molecule has 0 aromatic heterocycles. The number of likely N-dealkylation sites (tertiary alicyclic amines) is 1. The molecule has 0 saturated carbocycles. The number of ether oxygens (including phenoxy) is 1. The summed E-state index contributed by atoms with van der Waals surface area (Å²) in [5, 5.41) is 0. The molecule has 2 N–H and O–H groups in total. The Morgan fingerprint density at radius 2 is 2.05 bits per heavy atom. The van der Waals surface area contributed by atoms with E-state index in [-0.39, 0.29) is 30.3 Å². The van der Waals surface area contributed by atoms with Gasteiger partial charge < -0.3 is 15.4 Å². The fourth-order valence-electron chi connectivity index (χ4n) is 3.03. The zero-order valence-corrected chi connectivity index (χ0v) is 13.7. The van der Waals surface area contributed by atoms with Crippen molar-refractivity contribution in [1.82, 2.24) is 4.90 Å². The highest BCUT2D eigenvalue weighted by Crippen LogP contribution is 2.42. The van der Waals surface area contributed by atoms with Crippen molar-refractivity contribution in [3.05, 3.63) is 35.9 Å². The van der Waals surface area contributed by atoms with Crippen molar-refractivity contribution in [1.29, 1.82) is 0 Å². The van der Waals surface area contributed by atoms with E-state index in [1.165, 1.54) is 5.56 Å².